The molecular formula is C5H14N2S. The van der Waals surface area contributed by atoms with Gasteiger partial charge >= 0.3 is 0 Å². The molecule has 8 heavy (non-hydrogen) atoms. The molecule has 0 saturated carbocycles. The van der Waals surface area contributed by atoms with E-state index in [0.717, 1.165) is 13.0 Å². The van der Waals surface area contributed by atoms with Gasteiger partial charge in [-0.3, -0.25) is 0 Å². The van der Waals surface area contributed by atoms with E-state index in [1.807, 2.05) is 14.1 Å². The minimum atomic E-state index is 0.336. The summed E-state index contributed by atoms with van der Waals surface area (Å²) in [6.07, 6.45) is 1.07. The summed E-state index contributed by atoms with van der Waals surface area (Å²) < 4.78 is 0. The normalized spacial score (nSPS) is 13.9. The molecule has 3 heteroatoms. The Kier molecular flexibility index (Phi) is 5.59. The van der Waals surface area contributed by atoms with Gasteiger partial charge in [0, 0.05) is 0 Å². The van der Waals surface area contributed by atoms with Crippen molar-refractivity contribution in [2.45, 2.75) is 11.8 Å². The summed E-state index contributed by atoms with van der Waals surface area (Å²) in [4.78, 5) is 0. The van der Waals surface area contributed by atoms with Crippen LogP contribution in [0.3, 0.4) is 0 Å². The Hall–Kier alpha value is 0.270. The highest BCUT2D eigenvalue weighted by Gasteiger charge is 1.94. The quantitative estimate of drug-likeness (QED) is 0.374. The lowest BCUT2D eigenvalue weighted by Crippen LogP contribution is -2.23. The van der Waals surface area contributed by atoms with Crippen LogP contribution in [0.4, 0.5) is 0 Å². The second-order valence-corrected chi connectivity index (χ2v) is 2.32. The van der Waals surface area contributed by atoms with E-state index in [-0.39, 0.29) is 0 Å². The van der Waals surface area contributed by atoms with Crippen molar-refractivity contribution in [2.24, 2.45) is 0 Å². The molecule has 0 heterocycles. The first kappa shape index (κ1) is 8.27. The first-order chi connectivity index (χ1) is 3.81. The van der Waals surface area contributed by atoms with Crippen LogP contribution in [0.5, 0.6) is 0 Å². The standard InChI is InChI=1S/C5H14N2S/c1-6-4-3-5(8)7-2/h5-8H,3-4H2,1-2H3/t5-/m0/s1. The van der Waals surface area contributed by atoms with Crippen LogP contribution in [0.15, 0.2) is 0 Å². The van der Waals surface area contributed by atoms with Gasteiger partial charge in [-0.1, -0.05) is 0 Å². The summed E-state index contributed by atoms with van der Waals surface area (Å²) in [5.74, 6) is 0. The zero-order valence-electron chi connectivity index (χ0n) is 5.44. The van der Waals surface area contributed by atoms with Gasteiger partial charge in [0.2, 0.25) is 0 Å². The van der Waals surface area contributed by atoms with E-state index < -0.39 is 0 Å². The summed E-state index contributed by atoms with van der Waals surface area (Å²) in [5, 5.41) is 6.40. The Morgan fingerprint density at radius 2 is 2.12 bits per heavy atom. The molecule has 2 nitrogen and oxygen atoms in total. The van der Waals surface area contributed by atoms with Crippen LogP contribution in [0.2, 0.25) is 0 Å². The van der Waals surface area contributed by atoms with Crippen molar-refractivity contribution in [2.75, 3.05) is 20.6 Å². The van der Waals surface area contributed by atoms with Crippen LogP contribution in [0, 0.1) is 0 Å². The molecule has 0 amide bonds. The Morgan fingerprint density at radius 3 is 2.50 bits per heavy atom. The van der Waals surface area contributed by atoms with E-state index in [2.05, 4.69) is 23.3 Å². The minimum Gasteiger partial charge on any atom is -0.320 e. The summed E-state index contributed by atoms with van der Waals surface area (Å²) in [6, 6.07) is 0. The fourth-order valence-electron chi connectivity index (χ4n) is 0.425. The predicted molar refractivity (Wildman–Crippen MR) is 40.4 cm³/mol. The van der Waals surface area contributed by atoms with E-state index >= 15 is 0 Å². The number of rotatable bonds is 4. The highest BCUT2D eigenvalue weighted by Crippen LogP contribution is 1.92. The Labute approximate surface area is 56.5 Å². The zero-order chi connectivity index (χ0) is 6.41. The zero-order valence-corrected chi connectivity index (χ0v) is 6.33. The number of hydrogen-bond donors (Lipinski definition) is 3. The monoisotopic (exact) mass is 134 g/mol. The molecule has 0 aromatic heterocycles. The third kappa shape index (κ3) is 4.43. The second-order valence-electron chi connectivity index (χ2n) is 1.70. The van der Waals surface area contributed by atoms with E-state index in [0.29, 0.717) is 5.37 Å². The average molecular weight is 134 g/mol. The topological polar surface area (TPSA) is 24.1 Å². The van der Waals surface area contributed by atoms with Crippen LogP contribution in [0.25, 0.3) is 0 Å². The van der Waals surface area contributed by atoms with Crippen molar-refractivity contribution >= 4 is 12.6 Å². The molecule has 1 atom stereocenters. The van der Waals surface area contributed by atoms with E-state index in [1.165, 1.54) is 0 Å². The first-order valence-corrected chi connectivity index (χ1v) is 3.33. The molecule has 0 bridgehead atoms. The van der Waals surface area contributed by atoms with Gasteiger partial charge in [0.15, 0.2) is 0 Å². The third-order valence-corrected chi connectivity index (χ3v) is 1.52. The maximum Gasteiger partial charge on any atom is 0.0512 e. The molecule has 0 radical (unpaired) electrons. The lowest BCUT2D eigenvalue weighted by molar-refractivity contribution is 0.643. The molecule has 0 rings (SSSR count). The predicted octanol–water partition coefficient (Wildman–Crippen LogP) is 0.0712. The molecular weight excluding hydrogens is 120 g/mol. The van der Waals surface area contributed by atoms with Crippen LogP contribution in [-0.4, -0.2) is 26.0 Å². The Morgan fingerprint density at radius 1 is 1.50 bits per heavy atom. The van der Waals surface area contributed by atoms with Gasteiger partial charge in [-0.2, -0.15) is 12.6 Å². The van der Waals surface area contributed by atoms with Crippen molar-refractivity contribution in [3.63, 3.8) is 0 Å². The summed E-state index contributed by atoms with van der Waals surface area (Å²) >= 11 is 4.21. The van der Waals surface area contributed by atoms with Crippen molar-refractivity contribution < 1.29 is 0 Å². The molecule has 0 spiro atoms. The fraction of sp³-hybridized carbons (Fsp3) is 1.00. The van der Waals surface area contributed by atoms with E-state index in [1.54, 1.807) is 0 Å². The number of nitrogens with one attached hydrogen (secondary N) is 2. The first-order valence-electron chi connectivity index (χ1n) is 2.81. The van der Waals surface area contributed by atoms with Crippen molar-refractivity contribution in [3.8, 4) is 0 Å². The summed E-state index contributed by atoms with van der Waals surface area (Å²) in [5.41, 5.74) is 0. The highest BCUT2D eigenvalue weighted by atomic mass is 32.1. The minimum absolute atomic E-state index is 0.336. The second kappa shape index (κ2) is 5.41. The van der Waals surface area contributed by atoms with Crippen molar-refractivity contribution in [3.05, 3.63) is 0 Å². The van der Waals surface area contributed by atoms with Gasteiger partial charge in [-0.25, -0.2) is 0 Å². The van der Waals surface area contributed by atoms with Gasteiger partial charge < -0.3 is 10.6 Å². The van der Waals surface area contributed by atoms with Gasteiger partial charge in [0.05, 0.1) is 5.37 Å². The molecule has 0 aliphatic rings. The summed E-state index contributed by atoms with van der Waals surface area (Å²) in [7, 11) is 3.85. The number of hydrogen-bond acceptors (Lipinski definition) is 3. The van der Waals surface area contributed by atoms with Crippen molar-refractivity contribution in [1.29, 1.82) is 0 Å². The van der Waals surface area contributed by atoms with E-state index in [4.69, 9.17) is 0 Å². The maximum atomic E-state index is 4.21. The molecule has 0 aromatic carbocycles. The molecule has 0 aromatic rings. The van der Waals surface area contributed by atoms with Gasteiger partial charge in [0.25, 0.3) is 0 Å². The smallest absolute Gasteiger partial charge is 0.0512 e. The SMILES string of the molecule is CNCC[C@H](S)NC. The summed E-state index contributed by atoms with van der Waals surface area (Å²) in [6.45, 7) is 1.02. The highest BCUT2D eigenvalue weighted by molar-refractivity contribution is 7.80. The molecule has 0 saturated heterocycles. The Bertz CT molecular complexity index is 49.7. The lowest BCUT2D eigenvalue weighted by Gasteiger charge is -2.06. The van der Waals surface area contributed by atoms with Gasteiger partial charge in [-0.05, 0) is 27.1 Å². The average Bonchev–Trinajstić information content (AvgIpc) is 1.83. The number of thiol groups is 1. The molecule has 0 unspecified atom stereocenters. The van der Waals surface area contributed by atoms with Gasteiger partial charge in [-0.15, -0.1) is 0 Å². The molecule has 0 aliphatic carbocycles. The fourth-order valence-corrected chi connectivity index (χ4v) is 0.554. The lowest BCUT2D eigenvalue weighted by atomic mass is 10.4. The molecule has 0 aliphatic heterocycles. The van der Waals surface area contributed by atoms with Crippen LogP contribution < -0.4 is 10.6 Å². The maximum absolute atomic E-state index is 4.21. The van der Waals surface area contributed by atoms with Crippen molar-refractivity contribution in [1.82, 2.24) is 10.6 Å². The Balaban J connectivity index is 2.86. The third-order valence-electron chi connectivity index (χ3n) is 1.00. The molecule has 2 N–H and O–H groups in total. The van der Waals surface area contributed by atoms with Crippen LogP contribution in [0.1, 0.15) is 6.42 Å². The van der Waals surface area contributed by atoms with Crippen LogP contribution in [-0.2, 0) is 0 Å². The molecule has 50 valence electrons. The molecule has 0 fully saturated rings. The van der Waals surface area contributed by atoms with Crippen LogP contribution >= 0.6 is 12.6 Å². The largest absolute Gasteiger partial charge is 0.320 e. The van der Waals surface area contributed by atoms with Gasteiger partial charge in [0.1, 0.15) is 0 Å². The van der Waals surface area contributed by atoms with E-state index in [9.17, 15) is 0 Å².